The van der Waals surface area contributed by atoms with Crippen LogP contribution in [-0.2, 0) is 4.79 Å². The van der Waals surface area contributed by atoms with Gasteiger partial charge in [-0.3, -0.25) is 9.69 Å². The summed E-state index contributed by atoms with van der Waals surface area (Å²) in [5, 5.41) is 3.75. The van der Waals surface area contributed by atoms with Gasteiger partial charge < -0.3 is 14.8 Å². The third-order valence-corrected chi connectivity index (χ3v) is 7.60. The first-order valence-corrected chi connectivity index (χ1v) is 12.8. The van der Waals surface area contributed by atoms with E-state index in [9.17, 15) is 9.18 Å². The van der Waals surface area contributed by atoms with Crippen LogP contribution < -0.4 is 14.8 Å². The molecule has 1 saturated carbocycles. The van der Waals surface area contributed by atoms with E-state index in [1.807, 2.05) is 13.0 Å². The lowest BCUT2D eigenvalue weighted by molar-refractivity contribution is -0.131. The molecule has 3 aromatic rings. The number of carbonyl (C=O) groups is 1. The summed E-state index contributed by atoms with van der Waals surface area (Å²) in [6, 6.07) is 8.96. The molecule has 9 heteroatoms. The van der Waals surface area contributed by atoms with E-state index in [4.69, 9.17) is 21.1 Å². The molecule has 190 valence electrons. The molecule has 1 aliphatic carbocycles. The summed E-state index contributed by atoms with van der Waals surface area (Å²) in [4.78, 5) is 23.2. The van der Waals surface area contributed by atoms with Crippen LogP contribution in [0, 0.1) is 5.82 Å². The van der Waals surface area contributed by atoms with E-state index in [-0.39, 0.29) is 22.9 Å². The van der Waals surface area contributed by atoms with E-state index >= 15 is 0 Å². The van der Waals surface area contributed by atoms with Crippen LogP contribution in [0.2, 0.25) is 5.02 Å². The van der Waals surface area contributed by atoms with E-state index in [1.54, 1.807) is 25.3 Å². The molecule has 0 unspecified atom stereocenters. The standard InChI is InChI=1S/C27H30ClFN4O3/c1-3-23(34)22-11-12-33(22)16-7-9-17(10-8-16)36-25-13-18-21(14-24(25)35-2)30-15-31-27(18)32-20-6-4-5-19(28)26(20)29/h4-6,13-17,22H,3,7-12H2,1-2H3,(H,30,31,32)/t16?,17?,22-/m0/s1. The molecule has 2 aromatic carbocycles. The van der Waals surface area contributed by atoms with Crippen LogP contribution in [0.1, 0.15) is 45.4 Å². The Morgan fingerprint density at radius 2 is 1.97 bits per heavy atom. The first-order valence-electron chi connectivity index (χ1n) is 12.5. The van der Waals surface area contributed by atoms with Crippen LogP contribution in [0.25, 0.3) is 10.9 Å². The maximum absolute atomic E-state index is 14.5. The van der Waals surface area contributed by atoms with Crippen molar-refractivity contribution in [3.63, 3.8) is 0 Å². The number of carbonyl (C=O) groups excluding carboxylic acids is 1. The highest BCUT2D eigenvalue weighted by Gasteiger charge is 2.39. The number of anilines is 2. The summed E-state index contributed by atoms with van der Waals surface area (Å²) in [6.45, 7) is 2.95. The van der Waals surface area contributed by atoms with E-state index in [0.29, 0.717) is 46.5 Å². The molecule has 2 heterocycles. The van der Waals surface area contributed by atoms with Gasteiger partial charge >= 0.3 is 0 Å². The number of ketones is 1. The predicted molar refractivity (Wildman–Crippen MR) is 138 cm³/mol. The van der Waals surface area contributed by atoms with Gasteiger partial charge in [-0.1, -0.05) is 24.6 Å². The molecule has 1 saturated heterocycles. The predicted octanol–water partition coefficient (Wildman–Crippen LogP) is 5.92. The highest BCUT2D eigenvalue weighted by Crippen LogP contribution is 2.38. The summed E-state index contributed by atoms with van der Waals surface area (Å²) >= 11 is 5.94. The molecule has 2 aliphatic rings. The van der Waals surface area contributed by atoms with Crippen molar-refractivity contribution in [2.24, 2.45) is 0 Å². The fraction of sp³-hybridized carbons (Fsp3) is 0.444. The Kier molecular flexibility index (Phi) is 7.25. The van der Waals surface area contributed by atoms with Gasteiger partial charge in [-0.15, -0.1) is 0 Å². The van der Waals surface area contributed by atoms with Crippen LogP contribution in [0.5, 0.6) is 11.5 Å². The second kappa shape index (κ2) is 10.6. The molecular weight excluding hydrogens is 483 g/mol. The van der Waals surface area contributed by atoms with Gasteiger partial charge in [0, 0.05) is 30.5 Å². The highest BCUT2D eigenvalue weighted by atomic mass is 35.5. The Morgan fingerprint density at radius 1 is 1.17 bits per heavy atom. The van der Waals surface area contributed by atoms with E-state index in [0.717, 1.165) is 38.6 Å². The molecular formula is C27H30ClFN4O3. The van der Waals surface area contributed by atoms with Crippen LogP contribution in [-0.4, -0.2) is 52.5 Å². The van der Waals surface area contributed by atoms with E-state index in [1.165, 1.54) is 12.4 Å². The summed E-state index contributed by atoms with van der Waals surface area (Å²) in [7, 11) is 1.60. The van der Waals surface area contributed by atoms with Gasteiger partial charge in [0.25, 0.3) is 0 Å². The second-order valence-corrected chi connectivity index (χ2v) is 9.79. The maximum atomic E-state index is 14.5. The molecule has 1 aliphatic heterocycles. The SMILES string of the molecule is CCC(=O)[C@@H]1CCN1C1CCC(Oc2cc3c(Nc4cccc(Cl)c4F)ncnc3cc2OC)CC1. The summed E-state index contributed by atoms with van der Waals surface area (Å²) in [5.74, 6) is 1.43. The number of methoxy groups -OCH3 is 1. The third-order valence-electron chi connectivity index (χ3n) is 7.31. The Bertz CT molecular complexity index is 1270. The molecule has 7 nitrogen and oxygen atoms in total. The number of rotatable bonds is 8. The van der Waals surface area contributed by atoms with Crippen LogP contribution in [0.3, 0.4) is 0 Å². The largest absolute Gasteiger partial charge is 0.493 e. The molecule has 0 amide bonds. The average molecular weight is 513 g/mol. The van der Waals surface area contributed by atoms with Crippen molar-refractivity contribution < 1.29 is 18.7 Å². The fourth-order valence-electron chi connectivity index (χ4n) is 5.24. The quantitative estimate of drug-likeness (QED) is 0.401. The summed E-state index contributed by atoms with van der Waals surface area (Å²) in [6.07, 6.45) is 6.84. The molecule has 0 radical (unpaired) electrons. The fourth-order valence-corrected chi connectivity index (χ4v) is 5.42. The Labute approximate surface area is 215 Å². The first-order chi connectivity index (χ1) is 17.5. The Hall–Kier alpha value is -2.97. The van der Waals surface area contributed by atoms with Crippen LogP contribution in [0.4, 0.5) is 15.9 Å². The van der Waals surface area contributed by atoms with Crippen molar-refractivity contribution in [1.29, 1.82) is 0 Å². The highest BCUT2D eigenvalue weighted by molar-refractivity contribution is 6.31. The minimum absolute atomic E-state index is 0.0308. The molecule has 5 rings (SSSR count). The molecule has 1 N–H and O–H groups in total. The van der Waals surface area contributed by atoms with Gasteiger partial charge in [0.15, 0.2) is 17.3 Å². The molecule has 2 fully saturated rings. The van der Waals surface area contributed by atoms with Crippen molar-refractivity contribution in [2.45, 2.75) is 63.6 Å². The molecule has 1 aromatic heterocycles. The molecule has 1 atom stereocenters. The number of likely N-dealkylation sites (tertiary alicyclic amines) is 1. The lowest BCUT2D eigenvalue weighted by Crippen LogP contribution is -2.57. The third kappa shape index (κ3) is 4.84. The van der Waals surface area contributed by atoms with Gasteiger partial charge in [0.1, 0.15) is 17.9 Å². The molecule has 0 bridgehead atoms. The van der Waals surface area contributed by atoms with Gasteiger partial charge in [0.05, 0.1) is 35.5 Å². The number of ether oxygens (including phenoxy) is 2. The zero-order valence-electron chi connectivity index (χ0n) is 20.5. The normalized spacial score (nSPS) is 22.2. The number of nitrogens with one attached hydrogen (secondary N) is 1. The number of Topliss-reactive ketones (excluding diaryl/α,β-unsaturated/α-hetero) is 1. The molecule has 0 spiro atoms. The topological polar surface area (TPSA) is 76.6 Å². The number of hydrogen-bond acceptors (Lipinski definition) is 7. The van der Waals surface area contributed by atoms with E-state index in [2.05, 4.69) is 20.2 Å². The zero-order valence-corrected chi connectivity index (χ0v) is 21.2. The smallest absolute Gasteiger partial charge is 0.165 e. The van der Waals surface area contributed by atoms with E-state index < -0.39 is 5.82 Å². The van der Waals surface area contributed by atoms with Crippen molar-refractivity contribution in [1.82, 2.24) is 14.9 Å². The van der Waals surface area contributed by atoms with Gasteiger partial charge in [-0.25, -0.2) is 14.4 Å². The minimum Gasteiger partial charge on any atom is -0.493 e. The monoisotopic (exact) mass is 512 g/mol. The summed E-state index contributed by atoms with van der Waals surface area (Å²) < 4.78 is 26.5. The maximum Gasteiger partial charge on any atom is 0.165 e. The zero-order chi connectivity index (χ0) is 25.2. The van der Waals surface area contributed by atoms with Crippen molar-refractivity contribution in [3.8, 4) is 11.5 Å². The minimum atomic E-state index is -0.544. The van der Waals surface area contributed by atoms with Gasteiger partial charge in [-0.2, -0.15) is 0 Å². The number of fused-ring (bicyclic) bond motifs is 1. The number of halogens is 2. The van der Waals surface area contributed by atoms with Crippen LogP contribution in [0.15, 0.2) is 36.7 Å². The lowest BCUT2D eigenvalue weighted by atomic mass is 9.86. The van der Waals surface area contributed by atoms with Gasteiger partial charge in [-0.05, 0) is 50.3 Å². The van der Waals surface area contributed by atoms with Crippen molar-refractivity contribution in [3.05, 3.63) is 47.5 Å². The van der Waals surface area contributed by atoms with Gasteiger partial charge in [0.2, 0.25) is 0 Å². The Balaban J connectivity index is 1.33. The molecule has 36 heavy (non-hydrogen) atoms. The second-order valence-electron chi connectivity index (χ2n) is 9.38. The van der Waals surface area contributed by atoms with Crippen molar-refractivity contribution in [2.75, 3.05) is 19.0 Å². The Morgan fingerprint density at radius 3 is 2.67 bits per heavy atom. The first kappa shape index (κ1) is 24.7. The van der Waals surface area contributed by atoms with Crippen molar-refractivity contribution >= 4 is 39.8 Å². The average Bonchev–Trinajstić information content (AvgIpc) is 2.87. The number of nitrogens with zero attached hydrogens (tertiary/aromatic N) is 3. The number of benzene rings is 2. The van der Waals surface area contributed by atoms with Crippen LogP contribution >= 0.6 is 11.6 Å². The lowest BCUT2D eigenvalue weighted by Gasteiger charge is -2.47. The summed E-state index contributed by atoms with van der Waals surface area (Å²) in [5.41, 5.74) is 0.872. The number of hydrogen-bond donors (Lipinski definition) is 1. The number of aromatic nitrogens is 2.